The highest BCUT2D eigenvalue weighted by Gasteiger charge is 2.34. The zero-order valence-electron chi connectivity index (χ0n) is 11.0. The molecule has 106 valence electrons. The second-order valence-electron chi connectivity index (χ2n) is 5.00. The molecule has 0 saturated carbocycles. The first kappa shape index (κ1) is 14.5. The van der Waals surface area contributed by atoms with Gasteiger partial charge in [0.15, 0.2) is 0 Å². The van der Waals surface area contributed by atoms with Crippen molar-refractivity contribution in [1.82, 2.24) is 4.31 Å². The van der Waals surface area contributed by atoms with Gasteiger partial charge in [0.1, 0.15) is 0 Å². The van der Waals surface area contributed by atoms with E-state index >= 15 is 0 Å². The number of aliphatic hydroxyl groups excluding tert-OH is 1. The van der Waals surface area contributed by atoms with Crippen LogP contribution >= 0.6 is 0 Å². The van der Waals surface area contributed by atoms with Gasteiger partial charge in [-0.1, -0.05) is 12.1 Å². The third kappa shape index (κ3) is 2.97. The average Bonchev–Trinajstić information content (AvgIpc) is 2.89. The zero-order valence-corrected chi connectivity index (χ0v) is 11.8. The van der Waals surface area contributed by atoms with Gasteiger partial charge in [0.25, 0.3) is 0 Å². The molecule has 2 unspecified atom stereocenters. The second kappa shape index (κ2) is 5.58. The van der Waals surface area contributed by atoms with Gasteiger partial charge in [-0.2, -0.15) is 4.31 Å². The van der Waals surface area contributed by atoms with Gasteiger partial charge in [-0.25, -0.2) is 8.42 Å². The van der Waals surface area contributed by atoms with E-state index in [2.05, 4.69) is 0 Å². The summed E-state index contributed by atoms with van der Waals surface area (Å²) < 4.78 is 26.4. The van der Waals surface area contributed by atoms with Crippen LogP contribution in [0, 0.1) is 5.92 Å². The summed E-state index contributed by atoms with van der Waals surface area (Å²) in [6.45, 7) is 2.87. The molecule has 3 N–H and O–H groups in total. The maximum atomic E-state index is 12.5. The summed E-state index contributed by atoms with van der Waals surface area (Å²) in [6.07, 6.45) is 0.226. The average molecular weight is 284 g/mol. The quantitative estimate of drug-likeness (QED) is 0.845. The summed E-state index contributed by atoms with van der Waals surface area (Å²) in [5.74, 6) is 0.0208. The first-order valence-electron chi connectivity index (χ1n) is 6.42. The minimum atomic E-state index is -3.47. The zero-order chi connectivity index (χ0) is 14.0. The number of benzene rings is 1. The third-order valence-corrected chi connectivity index (χ3v) is 5.50. The Morgan fingerprint density at radius 1 is 1.53 bits per heavy atom. The van der Waals surface area contributed by atoms with Crippen molar-refractivity contribution < 1.29 is 13.5 Å². The Balaban J connectivity index is 2.23. The summed E-state index contributed by atoms with van der Waals surface area (Å²) >= 11 is 0. The molecule has 1 fully saturated rings. The topological polar surface area (TPSA) is 83.6 Å². The fourth-order valence-corrected chi connectivity index (χ4v) is 3.93. The van der Waals surface area contributed by atoms with Crippen molar-refractivity contribution in [2.45, 2.75) is 30.9 Å². The molecule has 0 amide bonds. The Morgan fingerprint density at radius 2 is 2.26 bits per heavy atom. The molecule has 2 rings (SSSR count). The van der Waals surface area contributed by atoms with Crippen LogP contribution in [0.5, 0.6) is 0 Å². The van der Waals surface area contributed by atoms with Crippen LogP contribution < -0.4 is 5.73 Å². The molecule has 19 heavy (non-hydrogen) atoms. The van der Waals surface area contributed by atoms with E-state index in [1.54, 1.807) is 25.1 Å². The van der Waals surface area contributed by atoms with Crippen LogP contribution in [-0.4, -0.2) is 37.0 Å². The Hall–Kier alpha value is -0.950. The molecule has 1 aliphatic rings. The number of hydrogen-bond acceptors (Lipinski definition) is 4. The lowest BCUT2D eigenvalue weighted by Crippen LogP contribution is -2.30. The van der Waals surface area contributed by atoms with Gasteiger partial charge >= 0.3 is 0 Å². The van der Waals surface area contributed by atoms with Gasteiger partial charge in [-0.3, -0.25) is 0 Å². The van der Waals surface area contributed by atoms with Crippen molar-refractivity contribution >= 4 is 10.0 Å². The molecule has 0 aliphatic carbocycles. The van der Waals surface area contributed by atoms with Crippen molar-refractivity contribution in [3.8, 4) is 0 Å². The normalized spacial score (nSPS) is 22.6. The molecule has 1 saturated heterocycles. The monoisotopic (exact) mass is 284 g/mol. The van der Waals surface area contributed by atoms with Crippen LogP contribution in [-0.2, 0) is 16.6 Å². The highest BCUT2D eigenvalue weighted by atomic mass is 32.2. The highest BCUT2D eigenvalue weighted by Crippen LogP contribution is 2.26. The predicted octanol–water partition coefficient (Wildman–Crippen LogP) is 0.537. The van der Waals surface area contributed by atoms with Crippen LogP contribution in [0.2, 0.25) is 0 Å². The molecular formula is C13H20N2O3S. The Bertz CT molecular complexity index is 543. The molecule has 1 aromatic rings. The fourth-order valence-electron chi connectivity index (χ4n) is 2.35. The van der Waals surface area contributed by atoms with E-state index in [1.807, 2.05) is 6.07 Å². The highest BCUT2D eigenvalue weighted by molar-refractivity contribution is 7.89. The van der Waals surface area contributed by atoms with Crippen molar-refractivity contribution in [1.29, 1.82) is 0 Å². The van der Waals surface area contributed by atoms with Crippen molar-refractivity contribution in [3.05, 3.63) is 29.8 Å². The summed E-state index contributed by atoms with van der Waals surface area (Å²) in [5.41, 5.74) is 6.33. The number of hydrogen-bond donors (Lipinski definition) is 2. The Morgan fingerprint density at radius 3 is 2.84 bits per heavy atom. The lowest BCUT2D eigenvalue weighted by Gasteiger charge is -2.18. The van der Waals surface area contributed by atoms with E-state index in [1.165, 1.54) is 4.31 Å². The fraction of sp³-hybridized carbons (Fsp3) is 0.538. The van der Waals surface area contributed by atoms with Crippen LogP contribution in [0.1, 0.15) is 18.9 Å². The van der Waals surface area contributed by atoms with Crippen LogP contribution in [0.25, 0.3) is 0 Å². The van der Waals surface area contributed by atoms with Crippen LogP contribution in [0.4, 0.5) is 0 Å². The van der Waals surface area contributed by atoms with Gasteiger partial charge in [-0.05, 0) is 37.0 Å². The van der Waals surface area contributed by atoms with E-state index in [0.29, 0.717) is 26.1 Å². The minimum Gasteiger partial charge on any atom is -0.393 e. The number of rotatable bonds is 4. The molecule has 0 aromatic heterocycles. The van der Waals surface area contributed by atoms with E-state index in [0.717, 1.165) is 5.56 Å². The van der Waals surface area contributed by atoms with E-state index in [9.17, 15) is 13.5 Å². The smallest absolute Gasteiger partial charge is 0.243 e. The molecule has 5 nitrogen and oxygen atoms in total. The first-order chi connectivity index (χ1) is 8.95. The molecular weight excluding hydrogens is 264 g/mol. The maximum Gasteiger partial charge on any atom is 0.243 e. The van der Waals surface area contributed by atoms with E-state index < -0.39 is 16.1 Å². The summed E-state index contributed by atoms with van der Waals surface area (Å²) in [6, 6.07) is 6.72. The lowest BCUT2D eigenvalue weighted by atomic mass is 10.0. The molecule has 0 spiro atoms. The number of nitrogens with two attached hydrogens (primary N) is 1. The van der Waals surface area contributed by atoms with Crippen molar-refractivity contribution in [2.24, 2.45) is 11.7 Å². The molecule has 0 radical (unpaired) electrons. The lowest BCUT2D eigenvalue weighted by molar-refractivity contribution is 0.133. The third-order valence-electron chi connectivity index (χ3n) is 3.64. The molecule has 1 aliphatic heterocycles. The molecule has 1 heterocycles. The second-order valence-corrected chi connectivity index (χ2v) is 6.94. The Kier molecular flexibility index (Phi) is 4.25. The minimum absolute atomic E-state index is 0.0208. The van der Waals surface area contributed by atoms with Gasteiger partial charge in [0.05, 0.1) is 11.0 Å². The van der Waals surface area contributed by atoms with Crippen molar-refractivity contribution in [3.63, 3.8) is 0 Å². The van der Waals surface area contributed by atoms with Crippen LogP contribution in [0.15, 0.2) is 29.2 Å². The summed E-state index contributed by atoms with van der Waals surface area (Å²) in [7, 11) is -3.47. The Labute approximate surface area is 114 Å². The molecule has 0 bridgehead atoms. The van der Waals surface area contributed by atoms with Gasteiger partial charge in [0, 0.05) is 19.6 Å². The standard InChI is InChI=1S/C13H20N2O3S/c1-10(16)12-5-6-15(9-12)19(17,18)13-4-2-3-11(7-13)8-14/h2-4,7,10,12,16H,5-6,8-9,14H2,1H3. The molecule has 2 atom stereocenters. The SMILES string of the molecule is CC(O)C1CCN(S(=O)(=O)c2cccc(CN)c2)C1. The molecule has 6 heteroatoms. The largest absolute Gasteiger partial charge is 0.393 e. The van der Waals surface area contributed by atoms with Gasteiger partial charge in [0.2, 0.25) is 10.0 Å². The summed E-state index contributed by atoms with van der Waals surface area (Å²) in [5, 5.41) is 9.55. The van der Waals surface area contributed by atoms with Crippen molar-refractivity contribution in [2.75, 3.05) is 13.1 Å². The first-order valence-corrected chi connectivity index (χ1v) is 7.86. The maximum absolute atomic E-state index is 12.5. The number of sulfonamides is 1. The predicted molar refractivity (Wildman–Crippen MR) is 72.9 cm³/mol. The van der Waals surface area contributed by atoms with E-state index in [4.69, 9.17) is 5.73 Å². The van der Waals surface area contributed by atoms with E-state index in [-0.39, 0.29) is 10.8 Å². The van der Waals surface area contributed by atoms with Crippen LogP contribution in [0.3, 0.4) is 0 Å². The van der Waals surface area contributed by atoms with Gasteiger partial charge in [-0.15, -0.1) is 0 Å². The number of nitrogens with zero attached hydrogens (tertiary/aromatic N) is 1. The summed E-state index contributed by atoms with van der Waals surface area (Å²) in [4.78, 5) is 0.279. The van der Waals surface area contributed by atoms with Gasteiger partial charge < -0.3 is 10.8 Å². The molecule has 1 aromatic carbocycles. The number of aliphatic hydroxyl groups is 1.